The van der Waals surface area contributed by atoms with Crippen molar-refractivity contribution in [2.24, 2.45) is 0 Å². The molecule has 2 aromatic carbocycles. The normalized spacial score (nSPS) is 19.5. The van der Waals surface area contributed by atoms with Crippen LogP contribution in [0, 0.1) is 0 Å². The van der Waals surface area contributed by atoms with Gasteiger partial charge in [-0.2, -0.15) is 0 Å². The lowest BCUT2D eigenvalue weighted by Crippen LogP contribution is -2.37. The Morgan fingerprint density at radius 3 is 2.47 bits per heavy atom. The highest BCUT2D eigenvalue weighted by molar-refractivity contribution is 7.99. The maximum absolute atomic E-state index is 6.47. The van der Waals surface area contributed by atoms with E-state index in [0.717, 1.165) is 29.3 Å². The number of nitrogens with zero attached hydrogens (tertiary/aromatic N) is 2. The molecule has 1 aliphatic heterocycles. The van der Waals surface area contributed by atoms with E-state index >= 15 is 0 Å². The zero-order chi connectivity index (χ0) is 20.1. The van der Waals surface area contributed by atoms with Gasteiger partial charge in [0, 0.05) is 40.2 Å². The zero-order valence-corrected chi connectivity index (χ0v) is 21.3. The number of thioether (sulfide) groups is 1. The molecule has 1 aromatic heterocycles. The summed E-state index contributed by atoms with van der Waals surface area (Å²) in [5.74, 6) is 0.170. The van der Waals surface area contributed by atoms with E-state index in [1.807, 2.05) is 47.2 Å². The number of nitrogens with two attached hydrogens (primary N) is 1. The molecular formula is C22H27Cl4N3O2S. The molecule has 1 fully saturated rings. The van der Waals surface area contributed by atoms with E-state index in [9.17, 15) is 0 Å². The van der Waals surface area contributed by atoms with E-state index in [1.54, 1.807) is 24.3 Å². The van der Waals surface area contributed by atoms with E-state index in [4.69, 9.17) is 26.8 Å². The maximum Gasteiger partial charge on any atom is 0.187 e. The van der Waals surface area contributed by atoms with Gasteiger partial charge in [-0.15, -0.1) is 49.0 Å². The summed E-state index contributed by atoms with van der Waals surface area (Å²) in [5, 5.41) is 0.745. The first-order chi connectivity index (χ1) is 14.1. The lowest BCUT2D eigenvalue weighted by atomic mass is 10.0. The number of rotatable bonds is 8. The van der Waals surface area contributed by atoms with Crippen LogP contribution in [0.1, 0.15) is 12.0 Å². The van der Waals surface area contributed by atoms with Gasteiger partial charge in [0.25, 0.3) is 0 Å². The molecule has 2 atom stereocenters. The van der Waals surface area contributed by atoms with E-state index in [-0.39, 0.29) is 43.3 Å². The summed E-state index contributed by atoms with van der Waals surface area (Å²) in [6, 6.07) is 15.9. The SMILES string of the molecule is Cl.Cl.Cl.Nc1ccc(SC[C@@H]2CO[C@](CCc3ccc(Cl)cc3)(Cn3ccnc3)O2)cc1. The highest BCUT2D eigenvalue weighted by atomic mass is 35.5. The number of halogens is 4. The summed E-state index contributed by atoms with van der Waals surface area (Å²) in [6.45, 7) is 1.20. The molecular weight excluding hydrogens is 512 g/mol. The third kappa shape index (κ3) is 8.03. The molecule has 0 amide bonds. The molecule has 1 saturated heterocycles. The summed E-state index contributed by atoms with van der Waals surface area (Å²) >= 11 is 7.76. The van der Waals surface area contributed by atoms with Crippen molar-refractivity contribution < 1.29 is 9.47 Å². The first-order valence-electron chi connectivity index (χ1n) is 9.61. The molecule has 5 nitrogen and oxygen atoms in total. The van der Waals surface area contributed by atoms with Gasteiger partial charge in [0.1, 0.15) is 0 Å². The summed E-state index contributed by atoms with van der Waals surface area (Å²) in [7, 11) is 0. The first-order valence-corrected chi connectivity index (χ1v) is 11.0. The lowest BCUT2D eigenvalue weighted by molar-refractivity contribution is -0.180. The minimum absolute atomic E-state index is 0. The Hall–Kier alpha value is -1.12. The fourth-order valence-corrected chi connectivity index (χ4v) is 4.39. The average molecular weight is 539 g/mol. The number of hydrogen-bond donors (Lipinski definition) is 1. The number of ether oxygens (including phenoxy) is 2. The summed E-state index contributed by atoms with van der Waals surface area (Å²) < 4.78 is 14.7. The van der Waals surface area contributed by atoms with Gasteiger partial charge >= 0.3 is 0 Å². The summed E-state index contributed by atoms with van der Waals surface area (Å²) in [6.07, 6.45) is 7.15. The predicted molar refractivity (Wildman–Crippen MR) is 139 cm³/mol. The first kappa shape index (κ1) is 28.9. The second-order valence-electron chi connectivity index (χ2n) is 7.20. The monoisotopic (exact) mass is 537 g/mol. The predicted octanol–water partition coefficient (Wildman–Crippen LogP) is 5.92. The molecule has 0 radical (unpaired) electrons. The molecule has 2 N–H and O–H groups in total. The van der Waals surface area contributed by atoms with Gasteiger partial charge in [0.2, 0.25) is 0 Å². The Labute approximate surface area is 216 Å². The van der Waals surface area contributed by atoms with Crippen molar-refractivity contribution in [1.29, 1.82) is 0 Å². The average Bonchev–Trinajstić information content (AvgIpc) is 3.38. The molecule has 0 spiro atoms. The van der Waals surface area contributed by atoms with E-state index in [1.165, 1.54) is 10.5 Å². The topological polar surface area (TPSA) is 62.3 Å². The molecule has 0 bridgehead atoms. The van der Waals surface area contributed by atoms with E-state index in [2.05, 4.69) is 17.1 Å². The number of aromatic nitrogens is 2. The number of hydrogen-bond acceptors (Lipinski definition) is 5. The highest BCUT2D eigenvalue weighted by Crippen LogP contribution is 2.33. The van der Waals surface area contributed by atoms with Crippen LogP contribution in [0.2, 0.25) is 5.02 Å². The second kappa shape index (κ2) is 13.6. The molecule has 10 heteroatoms. The van der Waals surface area contributed by atoms with Crippen molar-refractivity contribution in [3.05, 3.63) is 77.8 Å². The van der Waals surface area contributed by atoms with Gasteiger partial charge in [0.15, 0.2) is 5.79 Å². The quantitative estimate of drug-likeness (QED) is 0.285. The van der Waals surface area contributed by atoms with Gasteiger partial charge in [-0.1, -0.05) is 23.7 Å². The van der Waals surface area contributed by atoms with Crippen molar-refractivity contribution in [1.82, 2.24) is 9.55 Å². The standard InChI is InChI=1S/C22H24ClN3O2S.3ClH/c23-18-3-1-17(2-4-18)9-10-22(15-26-12-11-25-16-26)27-13-20(28-22)14-29-21-7-5-19(24)6-8-21;;;/h1-8,11-12,16,20H,9-10,13-15,24H2;3*1H/t20-,22-;;;/m0.../s1. The van der Waals surface area contributed by atoms with Crippen LogP contribution in [-0.2, 0) is 22.4 Å². The molecule has 0 unspecified atom stereocenters. The Morgan fingerprint density at radius 2 is 1.81 bits per heavy atom. The molecule has 176 valence electrons. The fraction of sp³-hybridized carbons (Fsp3) is 0.318. The third-order valence-corrected chi connectivity index (χ3v) is 6.32. The van der Waals surface area contributed by atoms with Gasteiger partial charge in [0.05, 0.1) is 25.6 Å². The lowest BCUT2D eigenvalue weighted by Gasteiger charge is -2.28. The molecule has 32 heavy (non-hydrogen) atoms. The van der Waals surface area contributed by atoms with Crippen LogP contribution in [0.25, 0.3) is 0 Å². The van der Waals surface area contributed by atoms with Crippen LogP contribution in [-0.4, -0.2) is 33.8 Å². The minimum Gasteiger partial charge on any atom is -0.399 e. The molecule has 1 aliphatic rings. The molecule has 0 aliphatic carbocycles. The van der Waals surface area contributed by atoms with Crippen LogP contribution in [0.15, 0.2) is 72.1 Å². The van der Waals surface area contributed by atoms with Crippen molar-refractivity contribution in [2.45, 2.75) is 36.2 Å². The van der Waals surface area contributed by atoms with Gasteiger partial charge in [-0.25, -0.2) is 4.98 Å². The highest BCUT2D eigenvalue weighted by Gasteiger charge is 2.41. The fourth-order valence-electron chi connectivity index (χ4n) is 3.39. The molecule has 4 rings (SSSR count). The molecule has 0 saturated carbocycles. The van der Waals surface area contributed by atoms with Crippen LogP contribution in [0.5, 0.6) is 0 Å². The van der Waals surface area contributed by atoms with Gasteiger partial charge in [-0.3, -0.25) is 0 Å². The molecule has 3 aromatic rings. The van der Waals surface area contributed by atoms with Crippen LogP contribution in [0.4, 0.5) is 5.69 Å². The largest absolute Gasteiger partial charge is 0.399 e. The third-order valence-electron chi connectivity index (χ3n) is 4.92. The number of nitrogen functional groups attached to an aromatic ring is 1. The number of anilines is 1. The van der Waals surface area contributed by atoms with Crippen molar-refractivity contribution in [2.75, 3.05) is 18.1 Å². The van der Waals surface area contributed by atoms with Crippen LogP contribution >= 0.6 is 60.6 Å². The Kier molecular flexibility index (Phi) is 12.2. The second-order valence-corrected chi connectivity index (χ2v) is 8.73. The van der Waals surface area contributed by atoms with Crippen molar-refractivity contribution in [3.8, 4) is 0 Å². The van der Waals surface area contributed by atoms with Gasteiger partial charge in [-0.05, 0) is 48.4 Å². The Morgan fingerprint density at radius 1 is 1.09 bits per heavy atom. The summed E-state index contributed by atoms with van der Waals surface area (Å²) in [5.41, 5.74) is 7.75. The smallest absolute Gasteiger partial charge is 0.187 e. The zero-order valence-electron chi connectivity index (χ0n) is 17.3. The van der Waals surface area contributed by atoms with E-state index in [0.29, 0.717) is 13.2 Å². The van der Waals surface area contributed by atoms with Crippen LogP contribution in [0.3, 0.4) is 0 Å². The molecule has 2 heterocycles. The van der Waals surface area contributed by atoms with Crippen molar-refractivity contribution >= 4 is 66.3 Å². The van der Waals surface area contributed by atoms with E-state index < -0.39 is 5.79 Å². The van der Waals surface area contributed by atoms with Gasteiger partial charge < -0.3 is 19.8 Å². The Bertz CT molecular complexity index is 914. The number of benzene rings is 2. The van der Waals surface area contributed by atoms with Crippen LogP contribution < -0.4 is 5.73 Å². The summed E-state index contributed by atoms with van der Waals surface area (Å²) in [4.78, 5) is 5.33. The maximum atomic E-state index is 6.47. The Balaban J connectivity index is 0.00000171. The van der Waals surface area contributed by atoms with Crippen molar-refractivity contribution in [3.63, 3.8) is 0 Å². The minimum atomic E-state index is -0.660. The number of aryl methyl sites for hydroxylation is 1. The number of imidazole rings is 1.